The van der Waals surface area contributed by atoms with Crippen molar-refractivity contribution >= 4 is 38.3 Å². The average molecular weight is 505 g/mol. The van der Waals surface area contributed by atoms with Gasteiger partial charge in [0.05, 0.1) is 5.00 Å². The van der Waals surface area contributed by atoms with E-state index in [0.29, 0.717) is 56.3 Å². The molecular formula is C24H32N4O4S2. The maximum atomic E-state index is 13.0. The third-order valence-corrected chi connectivity index (χ3v) is 9.67. The summed E-state index contributed by atoms with van der Waals surface area (Å²) in [7, 11) is -3.53. The molecule has 1 aromatic carbocycles. The minimum Gasteiger partial charge on any atom is -0.337 e. The van der Waals surface area contributed by atoms with Crippen molar-refractivity contribution < 1.29 is 18.0 Å². The smallest absolute Gasteiger partial charge is 0.322 e. The minimum atomic E-state index is -3.53. The molecule has 0 atom stereocenters. The van der Waals surface area contributed by atoms with Crippen LogP contribution < -0.4 is 5.32 Å². The van der Waals surface area contributed by atoms with Gasteiger partial charge >= 0.3 is 6.03 Å². The van der Waals surface area contributed by atoms with Crippen LogP contribution in [-0.4, -0.2) is 73.7 Å². The van der Waals surface area contributed by atoms with Gasteiger partial charge in [0.2, 0.25) is 0 Å². The summed E-state index contributed by atoms with van der Waals surface area (Å²) in [5.74, 6) is -0.0208. The van der Waals surface area contributed by atoms with Crippen LogP contribution in [0.2, 0.25) is 0 Å². The molecule has 3 heterocycles. The van der Waals surface area contributed by atoms with E-state index in [2.05, 4.69) is 5.32 Å². The second-order valence-corrected chi connectivity index (χ2v) is 12.1. The number of hydrogen-bond acceptors (Lipinski definition) is 5. The molecule has 10 heteroatoms. The predicted octanol–water partition coefficient (Wildman–Crippen LogP) is 4.00. The quantitative estimate of drug-likeness (QED) is 0.682. The number of amides is 3. The van der Waals surface area contributed by atoms with Gasteiger partial charge in [-0.1, -0.05) is 30.5 Å². The molecule has 2 saturated heterocycles. The standard InChI is InChI=1S/C24H32N4O4S2/c1-19-8-6-9-20(18-19)23(29)26-12-7-13-27(17-16-26)24(30)25-21-10-11-22(33-21)34(31,32)28-14-4-2-3-5-15-28/h6,8-11,18H,2-5,7,12-17H2,1H3,(H,25,30). The Hall–Kier alpha value is -2.43. The fraction of sp³-hybridized carbons (Fsp3) is 0.500. The molecule has 4 rings (SSSR count). The zero-order valence-electron chi connectivity index (χ0n) is 19.5. The van der Waals surface area contributed by atoms with Gasteiger partial charge in [0.25, 0.3) is 15.9 Å². The van der Waals surface area contributed by atoms with Crippen molar-refractivity contribution in [3.63, 3.8) is 0 Å². The van der Waals surface area contributed by atoms with Crippen LogP contribution in [0.5, 0.6) is 0 Å². The molecule has 0 unspecified atom stereocenters. The van der Waals surface area contributed by atoms with Gasteiger partial charge < -0.3 is 9.80 Å². The van der Waals surface area contributed by atoms with Crippen molar-refractivity contribution in [3.05, 3.63) is 47.5 Å². The van der Waals surface area contributed by atoms with E-state index in [1.54, 1.807) is 26.2 Å². The highest BCUT2D eigenvalue weighted by molar-refractivity contribution is 7.91. The van der Waals surface area contributed by atoms with Crippen molar-refractivity contribution in [1.29, 1.82) is 0 Å². The summed E-state index contributed by atoms with van der Waals surface area (Å²) >= 11 is 1.09. The van der Waals surface area contributed by atoms with E-state index < -0.39 is 10.0 Å². The highest BCUT2D eigenvalue weighted by Gasteiger charge is 2.28. The summed E-state index contributed by atoms with van der Waals surface area (Å²) < 4.78 is 27.8. The SMILES string of the molecule is Cc1cccc(C(=O)N2CCCN(C(=O)Nc3ccc(S(=O)(=O)N4CCCCCC4)s3)CC2)c1. The first-order valence-electron chi connectivity index (χ1n) is 11.9. The Morgan fingerprint density at radius 1 is 0.853 bits per heavy atom. The number of urea groups is 1. The maximum absolute atomic E-state index is 13.0. The normalized spacial score (nSPS) is 18.3. The topological polar surface area (TPSA) is 90.0 Å². The van der Waals surface area contributed by atoms with Gasteiger partial charge in [-0.15, -0.1) is 11.3 Å². The number of carbonyl (C=O) groups is 2. The van der Waals surface area contributed by atoms with Crippen LogP contribution in [-0.2, 0) is 10.0 Å². The second-order valence-electron chi connectivity index (χ2n) is 8.87. The van der Waals surface area contributed by atoms with E-state index in [-0.39, 0.29) is 16.1 Å². The Labute approximate surface area is 205 Å². The van der Waals surface area contributed by atoms with Crippen LogP contribution in [0.25, 0.3) is 0 Å². The van der Waals surface area contributed by atoms with Gasteiger partial charge in [-0.25, -0.2) is 13.2 Å². The molecule has 0 aliphatic carbocycles. The highest BCUT2D eigenvalue weighted by atomic mass is 32.2. The predicted molar refractivity (Wildman–Crippen MR) is 134 cm³/mol. The van der Waals surface area contributed by atoms with E-state index in [9.17, 15) is 18.0 Å². The molecule has 2 aromatic rings. The molecule has 1 aromatic heterocycles. The monoisotopic (exact) mass is 504 g/mol. The largest absolute Gasteiger partial charge is 0.337 e. The number of hydrogen-bond donors (Lipinski definition) is 1. The van der Waals surface area contributed by atoms with E-state index >= 15 is 0 Å². The van der Waals surface area contributed by atoms with Gasteiger partial charge in [-0.05, 0) is 50.5 Å². The first-order chi connectivity index (χ1) is 16.3. The van der Waals surface area contributed by atoms with Gasteiger partial charge in [0.1, 0.15) is 4.21 Å². The van der Waals surface area contributed by atoms with Crippen molar-refractivity contribution in [2.45, 2.75) is 43.2 Å². The lowest BCUT2D eigenvalue weighted by molar-refractivity contribution is 0.0762. The fourth-order valence-corrected chi connectivity index (χ4v) is 7.27. The van der Waals surface area contributed by atoms with Crippen LogP contribution in [0.1, 0.15) is 48.0 Å². The molecule has 0 bridgehead atoms. The summed E-state index contributed by atoms with van der Waals surface area (Å²) in [6, 6.07) is 10.5. The van der Waals surface area contributed by atoms with Crippen LogP contribution in [0.3, 0.4) is 0 Å². The summed E-state index contributed by atoms with van der Waals surface area (Å²) in [6.07, 6.45) is 4.56. The van der Waals surface area contributed by atoms with Crippen molar-refractivity contribution in [2.75, 3.05) is 44.6 Å². The lowest BCUT2D eigenvalue weighted by atomic mass is 10.1. The number of anilines is 1. The molecule has 8 nitrogen and oxygen atoms in total. The van der Waals surface area contributed by atoms with Crippen molar-refractivity contribution in [1.82, 2.24) is 14.1 Å². The number of carbonyl (C=O) groups excluding carboxylic acids is 2. The zero-order valence-corrected chi connectivity index (χ0v) is 21.2. The number of benzene rings is 1. The zero-order chi connectivity index (χ0) is 24.1. The lowest BCUT2D eigenvalue weighted by Gasteiger charge is -2.22. The molecule has 1 N–H and O–H groups in total. The number of aryl methyl sites for hydroxylation is 1. The number of sulfonamides is 1. The van der Waals surface area contributed by atoms with Gasteiger partial charge in [0, 0.05) is 44.8 Å². The molecule has 0 radical (unpaired) electrons. The molecule has 2 aliphatic heterocycles. The molecule has 34 heavy (non-hydrogen) atoms. The first-order valence-corrected chi connectivity index (χ1v) is 14.1. The molecule has 184 valence electrons. The maximum Gasteiger partial charge on any atom is 0.322 e. The van der Waals surface area contributed by atoms with Gasteiger partial charge in [-0.3, -0.25) is 10.1 Å². The number of nitrogens with zero attached hydrogens (tertiary/aromatic N) is 3. The highest BCUT2D eigenvalue weighted by Crippen LogP contribution is 2.30. The van der Waals surface area contributed by atoms with Crippen molar-refractivity contribution in [3.8, 4) is 0 Å². The molecular weight excluding hydrogens is 472 g/mol. The third kappa shape index (κ3) is 5.79. The Bertz CT molecular complexity index is 1120. The Balaban J connectivity index is 1.35. The summed E-state index contributed by atoms with van der Waals surface area (Å²) in [6.45, 7) is 5.07. The van der Waals surface area contributed by atoms with Crippen LogP contribution >= 0.6 is 11.3 Å². The molecule has 2 aliphatic rings. The number of rotatable bonds is 4. The average Bonchev–Trinajstić information content (AvgIpc) is 3.01. The van der Waals surface area contributed by atoms with Gasteiger partial charge in [0.15, 0.2) is 0 Å². The van der Waals surface area contributed by atoms with Crippen LogP contribution in [0.4, 0.5) is 9.80 Å². The molecule has 2 fully saturated rings. The first kappa shape index (κ1) is 24.7. The van der Waals surface area contributed by atoms with Gasteiger partial charge in [-0.2, -0.15) is 4.31 Å². The second kappa shape index (κ2) is 10.9. The number of thiophene rings is 1. The summed E-state index contributed by atoms with van der Waals surface area (Å²) in [4.78, 5) is 29.2. The van der Waals surface area contributed by atoms with E-state index in [1.807, 2.05) is 31.2 Å². The van der Waals surface area contributed by atoms with Crippen LogP contribution in [0, 0.1) is 6.92 Å². The Morgan fingerprint density at radius 2 is 1.56 bits per heavy atom. The van der Waals surface area contributed by atoms with Crippen LogP contribution in [0.15, 0.2) is 40.6 Å². The Kier molecular flexibility index (Phi) is 7.90. The third-order valence-electron chi connectivity index (χ3n) is 6.31. The van der Waals surface area contributed by atoms with E-state index in [4.69, 9.17) is 0 Å². The molecule has 3 amide bonds. The fourth-order valence-electron chi connectivity index (χ4n) is 4.40. The molecule has 0 spiro atoms. The van der Waals surface area contributed by atoms with E-state index in [0.717, 1.165) is 42.6 Å². The summed E-state index contributed by atoms with van der Waals surface area (Å²) in [5.41, 5.74) is 1.70. The number of nitrogens with one attached hydrogen (secondary N) is 1. The molecule has 0 saturated carbocycles. The Morgan fingerprint density at radius 3 is 2.29 bits per heavy atom. The van der Waals surface area contributed by atoms with Crippen molar-refractivity contribution in [2.24, 2.45) is 0 Å². The van der Waals surface area contributed by atoms with E-state index in [1.165, 1.54) is 0 Å². The summed E-state index contributed by atoms with van der Waals surface area (Å²) in [5, 5.41) is 3.36. The minimum absolute atomic E-state index is 0.0208. The lowest BCUT2D eigenvalue weighted by Crippen LogP contribution is -2.39.